The molecule has 0 amide bonds. The fourth-order valence-corrected chi connectivity index (χ4v) is 0.487. The number of carboxylic acids is 2. The first-order valence-corrected chi connectivity index (χ1v) is 3.19. The molecule has 0 saturated carbocycles. The Bertz CT molecular complexity index is 157. The van der Waals surface area contributed by atoms with E-state index in [0.717, 1.165) is 0 Å². The van der Waals surface area contributed by atoms with Gasteiger partial charge in [-0.2, -0.15) is 0 Å². The monoisotopic (exact) mass is 175 g/mol. The van der Waals surface area contributed by atoms with Crippen LogP contribution >= 0.6 is 0 Å². The third-order valence-electron chi connectivity index (χ3n) is 1.03. The maximum atomic E-state index is 10.1. The van der Waals surface area contributed by atoms with Crippen molar-refractivity contribution in [2.24, 2.45) is 0 Å². The number of hydrogen-bond acceptors (Lipinski definition) is 3. The molecule has 0 aromatic carbocycles. The Morgan fingerprint density at radius 1 is 1.42 bits per heavy atom. The van der Waals surface area contributed by atoms with E-state index in [-0.39, 0.29) is 0 Å². The van der Waals surface area contributed by atoms with Gasteiger partial charge in [0.05, 0.1) is 6.42 Å². The molecular formula is C7H13NO4. The topological polar surface area (TPSA) is 86.6 Å². The molecule has 0 radical (unpaired) electrons. The van der Waals surface area contributed by atoms with E-state index in [2.05, 4.69) is 18.5 Å². The highest BCUT2D eigenvalue weighted by Gasteiger charge is 2.17. The van der Waals surface area contributed by atoms with Gasteiger partial charge in [-0.3, -0.25) is 9.59 Å². The van der Waals surface area contributed by atoms with E-state index in [4.69, 9.17) is 10.2 Å². The molecule has 0 saturated heterocycles. The van der Waals surface area contributed by atoms with Crippen LogP contribution in [0, 0.1) is 0 Å². The van der Waals surface area contributed by atoms with Crippen LogP contribution in [0.1, 0.15) is 6.42 Å². The minimum absolute atomic E-state index is 0.397. The summed E-state index contributed by atoms with van der Waals surface area (Å²) in [5, 5.41) is 18.8. The van der Waals surface area contributed by atoms with E-state index < -0.39 is 24.4 Å². The lowest BCUT2D eigenvalue weighted by Crippen LogP contribution is -2.35. The second-order valence-electron chi connectivity index (χ2n) is 1.78. The summed E-state index contributed by atoms with van der Waals surface area (Å²) in [6.45, 7) is 6.00. The maximum Gasteiger partial charge on any atom is 0.321 e. The lowest BCUT2D eigenvalue weighted by molar-refractivity contribution is -0.145. The largest absolute Gasteiger partial charge is 0.481 e. The minimum atomic E-state index is -1.15. The average Bonchev–Trinajstić information content (AvgIpc) is 2.03. The Kier molecular flexibility index (Phi) is 8.55. The molecule has 0 aliphatic heterocycles. The van der Waals surface area contributed by atoms with E-state index in [0.29, 0.717) is 0 Å². The van der Waals surface area contributed by atoms with Crippen molar-refractivity contribution >= 4 is 11.9 Å². The summed E-state index contributed by atoms with van der Waals surface area (Å²) in [4.78, 5) is 20.1. The Labute approximate surface area is 70.7 Å². The second kappa shape index (κ2) is 7.74. The highest BCUT2D eigenvalue weighted by atomic mass is 16.4. The van der Waals surface area contributed by atoms with Crippen molar-refractivity contribution in [2.75, 3.05) is 7.05 Å². The standard InChI is InChI=1S/C5H9NO4.C2H4/c1-6-3(5(9)10)2-4(7)8;1-2/h3,6H,2H2,1H3,(H,7,8)(H,9,10);1-2H2. The average molecular weight is 175 g/mol. The summed E-state index contributed by atoms with van der Waals surface area (Å²) in [6.07, 6.45) is -0.397. The zero-order valence-electron chi connectivity index (χ0n) is 6.91. The summed E-state index contributed by atoms with van der Waals surface area (Å²) in [6, 6.07) is -0.988. The minimum Gasteiger partial charge on any atom is -0.481 e. The lowest BCUT2D eigenvalue weighted by atomic mass is 10.2. The van der Waals surface area contributed by atoms with Crippen molar-refractivity contribution in [1.82, 2.24) is 5.32 Å². The number of carbonyl (C=O) groups is 2. The van der Waals surface area contributed by atoms with Crippen LogP contribution in [0.2, 0.25) is 0 Å². The van der Waals surface area contributed by atoms with Crippen LogP contribution in [0.3, 0.4) is 0 Å². The third kappa shape index (κ3) is 6.76. The van der Waals surface area contributed by atoms with Crippen LogP contribution < -0.4 is 5.32 Å². The van der Waals surface area contributed by atoms with Gasteiger partial charge < -0.3 is 15.5 Å². The van der Waals surface area contributed by atoms with E-state index in [1.165, 1.54) is 7.05 Å². The first kappa shape index (κ1) is 13.2. The van der Waals surface area contributed by atoms with Crippen LogP contribution in [0.5, 0.6) is 0 Å². The SMILES string of the molecule is C=C.CNC(CC(=O)O)C(=O)O. The molecule has 70 valence electrons. The van der Waals surface area contributed by atoms with E-state index >= 15 is 0 Å². The van der Waals surface area contributed by atoms with E-state index in [1.54, 1.807) is 0 Å². The lowest BCUT2D eigenvalue weighted by Gasteiger charge is -2.06. The molecule has 1 unspecified atom stereocenters. The van der Waals surface area contributed by atoms with E-state index in [9.17, 15) is 9.59 Å². The maximum absolute atomic E-state index is 10.1. The molecule has 0 aliphatic carbocycles. The van der Waals surface area contributed by atoms with Crippen LogP contribution in [0.25, 0.3) is 0 Å². The molecule has 0 aliphatic rings. The van der Waals surface area contributed by atoms with Crippen molar-refractivity contribution in [2.45, 2.75) is 12.5 Å². The molecule has 0 spiro atoms. The van der Waals surface area contributed by atoms with Gasteiger partial charge in [-0.25, -0.2) is 0 Å². The number of aliphatic carboxylic acids is 2. The molecule has 5 nitrogen and oxygen atoms in total. The number of rotatable bonds is 4. The Hall–Kier alpha value is -1.36. The molecule has 0 rings (SSSR count). The van der Waals surface area contributed by atoms with Gasteiger partial charge in [0.1, 0.15) is 6.04 Å². The molecule has 0 aromatic rings. The summed E-state index contributed by atoms with van der Waals surface area (Å²) >= 11 is 0. The second-order valence-corrected chi connectivity index (χ2v) is 1.78. The van der Waals surface area contributed by atoms with Crippen LogP contribution in [0.4, 0.5) is 0 Å². The predicted octanol–water partition coefficient (Wildman–Crippen LogP) is -0.0641. The summed E-state index contributed by atoms with van der Waals surface area (Å²) in [5.74, 6) is -2.27. The van der Waals surface area contributed by atoms with Gasteiger partial charge in [0.15, 0.2) is 0 Å². The zero-order chi connectivity index (χ0) is 10.1. The van der Waals surface area contributed by atoms with Crippen molar-refractivity contribution in [3.8, 4) is 0 Å². The first-order chi connectivity index (χ1) is 5.57. The van der Waals surface area contributed by atoms with E-state index in [1.807, 2.05) is 0 Å². The predicted molar refractivity (Wildman–Crippen MR) is 44.0 cm³/mol. The Morgan fingerprint density at radius 3 is 1.92 bits per heavy atom. The Balaban J connectivity index is 0. The number of carboxylic acid groups (broad SMARTS) is 2. The van der Waals surface area contributed by atoms with Gasteiger partial charge >= 0.3 is 11.9 Å². The first-order valence-electron chi connectivity index (χ1n) is 3.19. The van der Waals surface area contributed by atoms with Gasteiger partial charge in [-0.05, 0) is 7.05 Å². The number of hydrogen-bond donors (Lipinski definition) is 3. The quantitative estimate of drug-likeness (QED) is 0.521. The smallest absolute Gasteiger partial charge is 0.321 e. The van der Waals surface area contributed by atoms with Crippen molar-refractivity contribution in [3.05, 3.63) is 13.2 Å². The normalized spacial score (nSPS) is 10.8. The van der Waals surface area contributed by atoms with Crippen LogP contribution in [-0.4, -0.2) is 35.2 Å². The number of nitrogens with one attached hydrogen (secondary N) is 1. The highest BCUT2D eigenvalue weighted by molar-refractivity contribution is 5.80. The molecule has 0 aromatic heterocycles. The van der Waals surface area contributed by atoms with Crippen molar-refractivity contribution in [3.63, 3.8) is 0 Å². The molecule has 0 heterocycles. The Morgan fingerprint density at radius 2 is 1.83 bits per heavy atom. The molecule has 3 N–H and O–H groups in total. The highest BCUT2D eigenvalue weighted by Crippen LogP contribution is 1.89. The van der Waals surface area contributed by atoms with Gasteiger partial charge in [0.25, 0.3) is 0 Å². The fraction of sp³-hybridized carbons (Fsp3) is 0.429. The summed E-state index contributed by atoms with van der Waals surface area (Å²) in [5.41, 5.74) is 0. The third-order valence-corrected chi connectivity index (χ3v) is 1.03. The van der Waals surface area contributed by atoms with Crippen molar-refractivity contribution in [1.29, 1.82) is 0 Å². The molecule has 5 heteroatoms. The van der Waals surface area contributed by atoms with Gasteiger partial charge in [-0.1, -0.05) is 0 Å². The molecule has 1 atom stereocenters. The summed E-state index contributed by atoms with van der Waals surface area (Å²) < 4.78 is 0. The van der Waals surface area contributed by atoms with Crippen LogP contribution in [0.15, 0.2) is 13.2 Å². The van der Waals surface area contributed by atoms with Gasteiger partial charge in [0, 0.05) is 0 Å². The molecule has 0 bridgehead atoms. The van der Waals surface area contributed by atoms with Crippen molar-refractivity contribution < 1.29 is 19.8 Å². The molecule has 12 heavy (non-hydrogen) atoms. The van der Waals surface area contributed by atoms with Gasteiger partial charge in [-0.15, -0.1) is 13.2 Å². The molecular weight excluding hydrogens is 162 g/mol. The summed E-state index contributed by atoms with van der Waals surface area (Å²) in [7, 11) is 1.40. The number of likely N-dealkylation sites (N-methyl/N-ethyl adjacent to an activating group) is 1. The fourth-order valence-electron chi connectivity index (χ4n) is 0.487. The van der Waals surface area contributed by atoms with Gasteiger partial charge in [0.2, 0.25) is 0 Å². The van der Waals surface area contributed by atoms with Crippen LogP contribution in [-0.2, 0) is 9.59 Å². The molecule has 0 fully saturated rings. The zero-order valence-corrected chi connectivity index (χ0v) is 6.91.